The van der Waals surface area contributed by atoms with Gasteiger partial charge in [-0.15, -0.1) is 0 Å². The molecule has 92 valence electrons. The maximum absolute atomic E-state index is 11.7. The molecule has 0 fully saturated rings. The lowest BCUT2D eigenvalue weighted by Crippen LogP contribution is -2.44. The second-order valence-electron chi connectivity index (χ2n) is 3.08. The summed E-state index contributed by atoms with van der Waals surface area (Å²) in [6, 6.07) is 0. The van der Waals surface area contributed by atoms with Gasteiger partial charge in [-0.05, 0) is 6.42 Å². The first-order valence-corrected chi connectivity index (χ1v) is 6.46. The Balaban J connectivity index is 4.30. The fourth-order valence-corrected chi connectivity index (χ4v) is 2.32. The SMILES string of the molecule is CCCNS(=O)(=O)N(CCN)CCOC. The van der Waals surface area contributed by atoms with Crippen molar-refractivity contribution in [3.63, 3.8) is 0 Å². The molecule has 0 amide bonds. The zero-order valence-electron chi connectivity index (χ0n) is 9.40. The van der Waals surface area contributed by atoms with E-state index < -0.39 is 10.2 Å². The molecule has 0 aromatic heterocycles. The minimum Gasteiger partial charge on any atom is -0.383 e. The van der Waals surface area contributed by atoms with Gasteiger partial charge < -0.3 is 10.5 Å². The summed E-state index contributed by atoms with van der Waals surface area (Å²) in [4.78, 5) is 0. The summed E-state index contributed by atoms with van der Waals surface area (Å²) in [6.07, 6.45) is 0.764. The van der Waals surface area contributed by atoms with E-state index in [0.29, 0.717) is 32.8 Å². The van der Waals surface area contributed by atoms with Crippen molar-refractivity contribution < 1.29 is 13.2 Å². The van der Waals surface area contributed by atoms with E-state index in [-0.39, 0.29) is 0 Å². The third-order valence-electron chi connectivity index (χ3n) is 1.80. The Morgan fingerprint density at radius 3 is 2.53 bits per heavy atom. The molecule has 7 heteroatoms. The number of nitrogens with two attached hydrogens (primary N) is 1. The van der Waals surface area contributed by atoms with Crippen LogP contribution in [-0.4, -0.2) is 52.6 Å². The molecule has 0 aromatic rings. The lowest BCUT2D eigenvalue weighted by molar-refractivity contribution is 0.179. The fraction of sp³-hybridized carbons (Fsp3) is 1.00. The predicted octanol–water partition coefficient (Wildman–Crippen LogP) is -0.862. The first-order chi connectivity index (χ1) is 7.08. The van der Waals surface area contributed by atoms with Gasteiger partial charge in [-0.2, -0.15) is 12.7 Å². The van der Waals surface area contributed by atoms with E-state index in [1.165, 1.54) is 11.4 Å². The van der Waals surface area contributed by atoms with Crippen molar-refractivity contribution in [3.05, 3.63) is 0 Å². The molecule has 0 saturated carbocycles. The lowest BCUT2D eigenvalue weighted by atomic mass is 10.5. The number of methoxy groups -OCH3 is 1. The van der Waals surface area contributed by atoms with Gasteiger partial charge in [-0.1, -0.05) is 6.92 Å². The van der Waals surface area contributed by atoms with Crippen molar-refractivity contribution in [1.29, 1.82) is 0 Å². The van der Waals surface area contributed by atoms with E-state index >= 15 is 0 Å². The van der Waals surface area contributed by atoms with Crippen LogP contribution in [0.4, 0.5) is 0 Å². The molecule has 0 bridgehead atoms. The topological polar surface area (TPSA) is 84.7 Å². The van der Waals surface area contributed by atoms with E-state index in [0.717, 1.165) is 6.42 Å². The Bertz CT molecular complexity index is 244. The van der Waals surface area contributed by atoms with Crippen LogP contribution in [0.1, 0.15) is 13.3 Å². The van der Waals surface area contributed by atoms with E-state index in [2.05, 4.69) is 4.72 Å². The molecule has 0 spiro atoms. The van der Waals surface area contributed by atoms with Crippen LogP contribution in [0.5, 0.6) is 0 Å². The van der Waals surface area contributed by atoms with Crippen molar-refractivity contribution in [1.82, 2.24) is 9.03 Å². The highest BCUT2D eigenvalue weighted by Gasteiger charge is 2.19. The molecule has 0 radical (unpaired) electrons. The predicted molar refractivity (Wildman–Crippen MR) is 59.7 cm³/mol. The van der Waals surface area contributed by atoms with Crippen LogP contribution in [0.25, 0.3) is 0 Å². The second-order valence-corrected chi connectivity index (χ2v) is 4.84. The van der Waals surface area contributed by atoms with Crippen molar-refractivity contribution in [3.8, 4) is 0 Å². The highest BCUT2D eigenvalue weighted by atomic mass is 32.2. The third-order valence-corrected chi connectivity index (χ3v) is 3.41. The van der Waals surface area contributed by atoms with Crippen LogP contribution in [0.2, 0.25) is 0 Å². The number of ether oxygens (including phenoxy) is 1. The van der Waals surface area contributed by atoms with Gasteiger partial charge in [-0.3, -0.25) is 0 Å². The monoisotopic (exact) mass is 239 g/mol. The van der Waals surface area contributed by atoms with E-state index in [4.69, 9.17) is 10.5 Å². The van der Waals surface area contributed by atoms with Crippen LogP contribution in [0.3, 0.4) is 0 Å². The molecule has 3 N–H and O–H groups in total. The molecule has 0 rings (SSSR count). The first-order valence-electron chi connectivity index (χ1n) is 5.02. The Labute approximate surface area is 92.0 Å². The van der Waals surface area contributed by atoms with Crippen molar-refractivity contribution in [2.75, 3.05) is 39.9 Å². The van der Waals surface area contributed by atoms with Gasteiger partial charge in [0.05, 0.1) is 6.61 Å². The molecule has 0 aliphatic heterocycles. The Hall–Kier alpha value is -0.210. The van der Waals surface area contributed by atoms with Crippen molar-refractivity contribution >= 4 is 10.2 Å². The average Bonchev–Trinajstić information content (AvgIpc) is 2.21. The molecule has 0 unspecified atom stereocenters. The number of hydrogen-bond donors (Lipinski definition) is 2. The largest absolute Gasteiger partial charge is 0.383 e. The number of nitrogens with one attached hydrogen (secondary N) is 1. The van der Waals surface area contributed by atoms with E-state index in [1.54, 1.807) is 0 Å². The summed E-state index contributed by atoms with van der Waals surface area (Å²) >= 11 is 0. The fourth-order valence-electron chi connectivity index (χ4n) is 1.01. The normalized spacial score (nSPS) is 12.3. The van der Waals surface area contributed by atoms with Gasteiger partial charge >= 0.3 is 0 Å². The molecular weight excluding hydrogens is 218 g/mol. The Morgan fingerprint density at radius 2 is 2.07 bits per heavy atom. The summed E-state index contributed by atoms with van der Waals surface area (Å²) in [5.41, 5.74) is 5.35. The van der Waals surface area contributed by atoms with Crippen molar-refractivity contribution in [2.45, 2.75) is 13.3 Å². The van der Waals surface area contributed by atoms with Gasteiger partial charge in [0.2, 0.25) is 0 Å². The van der Waals surface area contributed by atoms with Gasteiger partial charge in [-0.25, -0.2) is 4.72 Å². The number of nitrogens with zero attached hydrogens (tertiary/aromatic N) is 1. The van der Waals surface area contributed by atoms with Crippen LogP contribution < -0.4 is 10.5 Å². The Kier molecular flexibility index (Phi) is 7.89. The number of rotatable bonds is 9. The highest BCUT2D eigenvalue weighted by Crippen LogP contribution is 1.97. The standard InChI is InChI=1S/C8H21N3O3S/c1-3-5-10-15(12,13)11(6-4-9)7-8-14-2/h10H,3-9H2,1-2H3. The summed E-state index contributed by atoms with van der Waals surface area (Å²) < 4.78 is 32.0. The van der Waals surface area contributed by atoms with Gasteiger partial charge in [0.25, 0.3) is 10.2 Å². The number of hydrogen-bond acceptors (Lipinski definition) is 4. The van der Waals surface area contributed by atoms with Gasteiger partial charge in [0.1, 0.15) is 0 Å². The third kappa shape index (κ3) is 6.06. The molecule has 15 heavy (non-hydrogen) atoms. The van der Waals surface area contributed by atoms with Gasteiger partial charge in [0.15, 0.2) is 0 Å². The summed E-state index contributed by atoms with van der Waals surface area (Å²) in [7, 11) is -1.86. The average molecular weight is 239 g/mol. The summed E-state index contributed by atoms with van der Waals surface area (Å²) in [5.74, 6) is 0. The highest BCUT2D eigenvalue weighted by molar-refractivity contribution is 7.87. The van der Waals surface area contributed by atoms with Crippen LogP contribution in [0.15, 0.2) is 0 Å². The summed E-state index contributed by atoms with van der Waals surface area (Å²) in [6.45, 7) is 3.65. The first kappa shape index (κ1) is 14.8. The minimum absolute atomic E-state index is 0.302. The molecule has 0 aliphatic rings. The molecule has 0 saturated heterocycles. The van der Waals surface area contributed by atoms with E-state index in [1.807, 2.05) is 6.92 Å². The second kappa shape index (κ2) is 8.00. The van der Waals surface area contributed by atoms with Crippen LogP contribution in [0, 0.1) is 0 Å². The van der Waals surface area contributed by atoms with Crippen molar-refractivity contribution in [2.24, 2.45) is 5.73 Å². The molecule has 0 aliphatic carbocycles. The summed E-state index contributed by atoms with van der Waals surface area (Å²) in [5, 5.41) is 0. The Morgan fingerprint density at radius 1 is 1.40 bits per heavy atom. The molecular formula is C8H21N3O3S. The maximum atomic E-state index is 11.7. The molecule has 0 aromatic carbocycles. The molecule has 0 atom stereocenters. The minimum atomic E-state index is -3.40. The van der Waals surface area contributed by atoms with Crippen LogP contribution >= 0.6 is 0 Å². The van der Waals surface area contributed by atoms with E-state index in [9.17, 15) is 8.42 Å². The lowest BCUT2D eigenvalue weighted by Gasteiger charge is -2.21. The van der Waals surface area contributed by atoms with Crippen LogP contribution in [-0.2, 0) is 14.9 Å². The quantitative estimate of drug-likeness (QED) is 0.548. The van der Waals surface area contributed by atoms with Gasteiger partial charge in [0, 0.05) is 33.3 Å². The molecule has 6 nitrogen and oxygen atoms in total. The maximum Gasteiger partial charge on any atom is 0.279 e. The zero-order chi connectivity index (χ0) is 11.7. The smallest absolute Gasteiger partial charge is 0.279 e. The molecule has 0 heterocycles. The zero-order valence-corrected chi connectivity index (χ0v) is 10.2.